The molecule has 6 nitrogen and oxygen atoms in total. The minimum absolute atomic E-state index is 0.0805. The number of carbonyl (C=O) groups is 1. The topological polar surface area (TPSA) is 75.7 Å². The lowest BCUT2D eigenvalue weighted by Crippen LogP contribution is -2.29. The Bertz CT molecular complexity index is 1250. The zero-order valence-corrected chi connectivity index (χ0v) is 19.2. The van der Waals surface area contributed by atoms with Crippen LogP contribution in [-0.2, 0) is 16.6 Å². The van der Waals surface area contributed by atoms with Crippen LogP contribution in [0.2, 0.25) is 0 Å². The summed E-state index contributed by atoms with van der Waals surface area (Å²) < 4.78 is 59.6. The molecule has 9 heteroatoms. The molecule has 1 N–H and O–H groups in total. The predicted molar refractivity (Wildman–Crippen MR) is 120 cm³/mol. The van der Waals surface area contributed by atoms with Gasteiger partial charge >= 0.3 is 0 Å². The van der Waals surface area contributed by atoms with Gasteiger partial charge in [-0.15, -0.1) is 0 Å². The fourth-order valence-electron chi connectivity index (χ4n) is 3.26. The highest BCUT2D eigenvalue weighted by molar-refractivity contribution is 7.89. The van der Waals surface area contributed by atoms with Gasteiger partial charge in [-0.2, -0.15) is 4.31 Å². The molecule has 0 aliphatic heterocycles. The Morgan fingerprint density at radius 3 is 2.36 bits per heavy atom. The molecule has 0 saturated heterocycles. The monoisotopic (exact) mass is 474 g/mol. The number of hydrogen-bond acceptors (Lipinski definition) is 4. The van der Waals surface area contributed by atoms with E-state index in [0.29, 0.717) is 5.56 Å². The number of rotatable bonds is 8. The Morgan fingerprint density at radius 2 is 1.73 bits per heavy atom. The van der Waals surface area contributed by atoms with Crippen LogP contribution in [0, 0.1) is 11.6 Å². The highest BCUT2D eigenvalue weighted by Crippen LogP contribution is 2.28. The summed E-state index contributed by atoms with van der Waals surface area (Å²) >= 11 is 0. The van der Waals surface area contributed by atoms with E-state index < -0.39 is 33.6 Å². The predicted octanol–water partition coefficient (Wildman–Crippen LogP) is 4.29. The molecule has 3 aromatic rings. The summed E-state index contributed by atoms with van der Waals surface area (Å²) in [6.45, 7) is 1.75. The minimum Gasteiger partial charge on any atom is -0.495 e. The number of carbonyl (C=O) groups excluding carboxylic acids is 1. The van der Waals surface area contributed by atoms with Gasteiger partial charge in [-0.05, 0) is 48.4 Å². The fraction of sp³-hybridized carbons (Fsp3) is 0.208. The van der Waals surface area contributed by atoms with Crippen LogP contribution in [-0.4, -0.2) is 32.8 Å². The van der Waals surface area contributed by atoms with Crippen molar-refractivity contribution in [2.24, 2.45) is 0 Å². The third-order valence-electron chi connectivity index (χ3n) is 5.15. The molecule has 0 aromatic heterocycles. The summed E-state index contributed by atoms with van der Waals surface area (Å²) in [4.78, 5) is 12.6. The second-order valence-electron chi connectivity index (χ2n) is 7.48. The van der Waals surface area contributed by atoms with Crippen LogP contribution in [0.15, 0.2) is 71.6 Å². The van der Waals surface area contributed by atoms with E-state index in [1.54, 1.807) is 6.92 Å². The van der Waals surface area contributed by atoms with Crippen molar-refractivity contribution in [3.8, 4) is 5.75 Å². The smallest absolute Gasteiger partial charge is 0.251 e. The maximum atomic E-state index is 13.5. The van der Waals surface area contributed by atoms with E-state index in [-0.39, 0.29) is 22.8 Å². The Kier molecular flexibility index (Phi) is 7.45. The molecule has 33 heavy (non-hydrogen) atoms. The molecule has 3 aromatic carbocycles. The summed E-state index contributed by atoms with van der Waals surface area (Å²) in [5.74, 6) is -2.48. The van der Waals surface area contributed by atoms with Crippen LogP contribution in [0.4, 0.5) is 8.78 Å². The molecule has 1 unspecified atom stereocenters. The molecule has 1 atom stereocenters. The molecule has 0 fully saturated rings. The first-order valence-corrected chi connectivity index (χ1v) is 11.5. The number of halogens is 2. The van der Waals surface area contributed by atoms with E-state index in [1.165, 1.54) is 42.7 Å². The number of ether oxygens (including phenoxy) is 1. The van der Waals surface area contributed by atoms with Crippen molar-refractivity contribution < 1.29 is 26.7 Å². The summed E-state index contributed by atoms with van der Waals surface area (Å²) in [6, 6.07) is 15.9. The molecular formula is C24H24F2N2O4S. The normalized spacial score (nSPS) is 12.4. The van der Waals surface area contributed by atoms with Crippen molar-refractivity contribution in [1.82, 2.24) is 9.62 Å². The van der Waals surface area contributed by atoms with Gasteiger partial charge in [0.25, 0.3) is 5.91 Å². The molecule has 1 amide bonds. The summed E-state index contributed by atoms with van der Waals surface area (Å²) in [5, 5.41) is 2.67. The van der Waals surface area contributed by atoms with Gasteiger partial charge in [0.1, 0.15) is 10.6 Å². The number of sulfonamides is 1. The van der Waals surface area contributed by atoms with Gasteiger partial charge in [-0.3, -0.25) is 4.79 Å². The van der Waals surface area contributed by atoms with Crippen LogP contribution in [0.5, 0.6) is 5.75 Å². The van der Waals surface area contributed by atoms with Gasteiger partial charge in [0.15, 0.2) is 11.6 Å². The Balaban J connectivity index is 1.86. The number of nitrogens with zero attached hydrogens (tertiary/aromatic N) is 1. The Hall–Kier alpha value is -3.30. The van der Waals surface area contributed by atoms with Crippen molar-refractivity contribution >= 4 is 15.9 Å². The first-order valence-electron chi connectivity index (χ1n) is 10.1. The van der Waals surface area contributed by atoms with Gasteiger partial charge < -0.3 is 10.1 Å². The lowest BCUT2D eigenvalue weighted by atomic mass is 10.1. The Labute approximate surface area is 191 Å². The quantitative estimate of drug-likeness (QED) is 0.529. The van der Waals surface area contributed by atoms with Gasteiger partial charge in [0.05, 0.1) is 13.2 Å². The van der Waals surface area contributed by atoms with Gasteiger partial charge in [-0.1, -0.05) is 36.4 Å². The maximum absolute atomic E-state index is 13.5. The van der Waals surface area contributed by atoms with E-state index >= 15 is 0 Å². The fourth-order valence-corrected chi connectivity index (χ4v) is 4.59. The maximum Gasteiger partial charge on any atom is 0.251 e. The summed E-state index contributed by atoms with van der Waals surface area (Å²) in [7, 11) is -1.20. The van der Waals surface area contributed by atoms with Gasteiger partial charge in [0.2, 0.25) is 10.0 Å². The molecule has 0 saturated carbocycles. The summed E-state index contributed by atoms with van der Waals surface area (Å²) in [5.41, 5.74) is 1.25. The van der Waals surface area contributed by atoms with E-state index in [0.717, 1.165) is 17.7 Å². The molecule has 0 bridgehead atoms. The first kappa shape index (κ1) is 24.3. The standard InChI is InChI=1S/C24H24F2N2O4S/c1-16(18-9-11-20(25)21(26)13-18)27-24(29)19-10-12-22(32-3)23(14-19)33(30,31)28(2)15-17-7-5-4-6-8-17/h4-14,16H,15H2,1-3H3,(H,27,29). The zero-order valence-electron chi connectivity index (χ0n) is 18.4. The average Bonchev–Trinajstić information content (AvgIpc) is 2.80. The molecule has 3 rings (SSSR count). The van der Waals surface area contributed by atoms with E-state index in [1.807, 2.05) is 30.3 Å². The molecule has 0 spiro atoms. The van der Waals surface area contributed by atoms with E-state index in [2.05, 4.69) is 5.32 Å². The average molecular weight is 475 g/mol. The van der Waals surface area contributed by atoms with Crippen molar-refractivity contribution in [3.05, 3.63) is 95.1 Å². The molecular weight excluding hydrogens is 450 g/mol. The molecule has 0 radical (unpaired) electrons. The van der Waals surface area contributed by atoms with Gasteiger partial charge in [-0.25, -0.2) is 17.2 Å². The molecule has 174 valence electrons. The van der Waals surface area contributed by atoms with Crippen LogP contribution in [0.25, 0.3) is 0 Å². The van der Waals surface area contributed by atoms with Gasteiger partial charge in [0, 0.05) is 19.2 Å². The minimum atomic E-state index is -3.99. The summed E-state index contributed by atoms with van der Waals surface area (Å²) in [6.07, 6.45) is 0. The van der Waals surface area contributed by atoms with Crippen LogP contribution in [0.3, 0.4) is 0 Å². The van der Waals surface area contributed by atoms with Crippen molar-refractivity contribution in [3.63, 3.8) is 0 Å². The molecule has 0 aliphatic carbocycles. The van der Waals surface area contributed by atoms with Crippen molar-refractivity contribution in [2.75, 3.05) is 14.2 Å². The number of hydrogen-bond donors (Lipinski definition) is 1. The van der Waals surface area contributed by atoms with E-state index in [9.17, 15) is 22.0 Å². The van der Waals surface area contributed by atoms with Crippen molar-refractivity contribution in [2.45, 2.75) is 24.4 Å². The largest absolute Gasteiger partial charge is 0.495 e. The zero-order chi connectivity index (χ0) is 24.2. The Morgan fingerprint density at radius 1 is 1.03 bits per heavy atom. The lowest BCUT2D eigenvalue weighted by molar-refractivity contribution is 0.0939. The number of benzene rings is 3. The second-order valence-corrected chi connectivity index (χ2v) is 9.49. The first-order chi connectivity index (χ1) is 15.6. The van der Waals surface area contributed by atoms with Crippen molar-refractivity contribution in [1.29, 1.82) is 0 Å². The number of amides is 1. The van der Waals surface area contributed by atoms with Crippen LogP contribution in [0.1, 0.15) is 34.5 Å². The third kappa shape index (κ3) is 5.55. The van der Waals surface area contributed by atoms with Crippen LogP contribution < -0.4 is 10.1 Å². The third-order valence-corrected chi connectivity index (χ3v) is 6.98. The second kappa shape index (κ2) is 10.1. The highest BCUT2D eigenvalue weighted by atomic mass is 32.2. The molecule has 0 heterocycles. The lowest BCUT2D eigenvalue weighted by Gasteiger charge is -2.20. The van der Waals surface area contributed by atoms with Crippen LogP contribution >= 0.6 is 0 Å². The SMILES string of the molecule is COc1ccc(C(=O)NC(C)c2ccc(F)c(F)c2)cc1S(=O)(=O)N(C)Cc1ccccc1. The highest BCUT2D eigenvalue weighted by Gasteiger charge is 2.26. The number of methoxy groups -OCH3 is 1. The molecule has 0 aliphatic rings. The number of nitrogens with one attached hydrogen (secondary N) is 1. The van der Waals surface area contributed by atoms with E-state index in [4.69, 9.17) is 4.74 Å².